The Morgan fingerprint density at radius 3 is 2.95 bits per heavy atom. The molecule has 106 valence electrons. The van der Waals surface area contributed by atoms with Gasteiger partial charge < -0.3 is 14.8 Å². The summed E-state index contributed by atoms with van der Waals surface area (Å²) in [6, 6.07) is 8.93. The van der Waals surface area contributed by atoms with Crippen molar-refractivity contribution in [3.05, 3.63) is 35.4 Å². The number of ether oxygens (including phenoxy) is 2. The lowest BCUT2D eigenvalue weighted by atomic mass is 9.92. The minimum atomic E-state index is 0.185. The Bertz CT molecular complexity index is 394. The Kier molecular flexibility index (Phi) is 5.37. The molecule has 19 heavy (non-hydrogen) atoms. The van der Waals surface area contributed by atoms with Gasteiger partial charge in [0.15, 0.2) is 0 Å². The van der Waals surface area contributed by atoms with Crippen LogP contribution in [0.2, 0.25) is 0 Å². The van der Waals surface area contributed by atoms with E-state index < -0.39 is 0 Å². The molecule has 3 unspecified atom stereocenters. The Balaban J connectivity index is 2.06. The van der Waals surface area contributed by atoms with E-state index in [1.54, 1.807) is 0 Å². The van der Waals surface area contributed by atoms with Gasteiger partial charge in [-0.25, -0.2) is 0 Å². The molecule has 1 aliphatic rings. The second-order valence-corrected chi connectivity index (χ2v) is 5.10. The highest BCUT2D eigenvalue weighted by Crippen LogP contribution is 2.31. The van der Waals surface area contributed by atoms with Crippen LogP contribution in [0.25, 0.3) is 0 Å². The van der Waals surface area contributed by atoms with Gasteiger partial charge in [0, 0.05) is 12.6 Å². The van der Waals surface area contributed by atoms with Crippen molar-refractivity contribution in [2.45, 2.75) is 44.9 Å². The third-order valence-corrected chi connectivity index (χ3v) is 3.93. The zero-order valence-electron chi connectivity index (χ0n) is 12.2. The summed E-state index contributed by atoms with van der Waals surface area (Å²) in [6.07, 6.45) is 2.37. The van der Waals surface area contributed by atoms with E-state index in [9.17, 15) is 0 Å². The van der Waals surface area contributed by atoms with Crippen LogP contribution in [0.5, 0.6) is 0 Å². The number of fused-ring (bicyclic) bond motifs is 1. The number of rotatable bonds is 6. The van der Waals surface area contributed by atoms with Gasteiger partial charge in [-0.05, 0) is 44.9 Å². The molecule has 1 aromatic rings. The van der Waals surface area contributed by atoms with Gasteiger partial charge in [-0.15, -0.1) is 0 Å². The molecule has 0 amide bonds. The van der Waals surface area contributed by atoms with Crippen LogP contribution >= 0.6 is 0 Å². The molecule has 0 aliphatic carbocycles. The number of nitrogens with one attached hydrogen (secondary N) is 1. The van der Waals surface area contributed by atoms with Gasteiger partial charge in [-0.2, -0.15) is 0 Å². The van der Waals surface area contributed by atoms with E-state index in [0.29, 0.717) is 6.04 Å². The van der Waals surface area contributed by atoms with Crippen molar-refractivity contribution in [3.63, 3.8) is 0 Å². The Hall–Kier alpha value is -0.900. The Labute approximate surface area is 116 Å². The van der Waals surface area contributed by atoms with Gasteiger partial charge in [-0.3, -0.25) is 0 Å². The maximum atomic E-state index is 5.97. The van der Waals surface area contributed by atoms with Crippen LogP contribution in [0.15, 0.2) is 24.3 Å². The van der Waals surface area contributed by atoms with E-state index in [1.165, 1.54) is 11.1 Å². The molecule has 0 spiro atoms. The van der Waals surface area contributed by atoms with Crippen LogP contribution in [0.4, 0.5) is 0 Å². The number of hydrogen-bond acceptors (Lipinski definition) is 3. The quantitative estimate of drug-likeness (QED) is 0.856. The van der Waals surface area contributed by atoms with Crippen molar-refractivity contribution in [1.82, 2.24) is 5.32 Å². The monoisotopic (exact) mass is 263 g/mol. The van der Waals surface area contributed by atoms with Crippen molar-refractivity contribution in [2.24, 2.45) is 0 Å². The number of hydrogen-bond donors (Lipinski definition) is 1. The highest BCUT2D eigenvalue weighted by atomic mass is 16.5. The fraction of sp³-hybridized carbons (Fsp3) is 0.625. The topological polar surface area (TPSA) is 30.5 Å². The first-order chi connectivity index (χ1) is 9.26. The molecular formula is C16H25NO2. The van der Waals surface area contributed by atoms with Gasteiger partial charge in [0.25, 0.3) is 0 Å². The summed E-state index contributed by atoms with van der Waals surface area (Å²) >= 11 is 0. The second-order valence-electron chi connectivity index (χ2n) is 5.10. The predicted octanol–water partition coefficient (Wildman–Crippen LogP) is 2.70. The van der Waals surface area contributed by atoms with Crippen LogP contribution in [-0.4, -0.2) is 32.4 Å². The summed E-state index contributed by atoms with van der Waals surface area (Å²) < 4.78 is 11.7. The van der Waals surface area contributed by atoms with Crippen molar-refractivity contribution in [2.75, 3.05) is 20.3 Å². The first-order valence-electron chi connectivity index (χ1n) is 7.24. The van der Waals surface area contributed by atoms with Crippen LogP contribution in [-0.2, 0) is 15.9 Å². The molecule has 1 aliphatic heterocycles. The maximum absolute atomic E-state index is 5.97. The molecule has 0 bridgehead atoms. The molecule has 0 saturated heterocycles. The molecule has 1 aromatic carbocycles. The lowest BCUT2D eigenvalue weighted by Gasteiger charge is -2.31. The SMILES string of the molecule is CCOC(C)C(CC1OCCc2ccccc21)NC. The molecule has 2 rings (SSSR count). The zero-order valence-corrected chi connectivity index (χ0v) is 12.2. The highest BCUT2D eigenvalue weighted by molar-refractivity contribution is 5.31. The van der Waals surface area contributed by atoms with Crippen LogP contribution in [0.1, 0.15) is 37.5 Å². The van der Waals surface area contributed by atoms with Crippen molar-refractivity contribution >= 4 is 0 Å². The normalized spacial score (nSPS) is 21.7. The van der Waals surface area contributed by atoms with E-state index in [2.05, 4.69) is 36.5 Å². The summed E-state index contributed by atoms with van der Waals surface area (Å²) in [4.78, 5) is 0. The fourth-order valence-electron chi connectivity index (χ4n) is 2.83. The summed E-state index contributed by atoms with van der Waals surface area (Å²) in [6.45, 7) is 5.73. The molecular weight excluding hydrogens is 238 g/mol. The van der Waals surface area contributed by atoms with E-state index in [-0.39, 0.29) is 12.2 Å². The predicted molar refractivity (Wildman–Crippen MR) is 77.4 cm³/mol. The summed E-state index contributed by atoms with van der Waals surface area (Å²) in [5.41, 5.74) is 2.77. The third-order valence-electron chi connectivity index (χ3n) is 3.93. The number of likely N-dealkylation sites (N-methyl/N-ethyl adjacent to an activating group) is 1. The van der Waals surface area contributed by atoms with E-state index in [4.69, 9.17) is 9.47 Å². The summed E-state index contributed by atoms with van der Waals surface area (Å²) in [5, 5.41) is 3.36. The molecule has 1 N–H and O–H groups in total. The van der Waals surface area contributed by atoms with Gasteiger partial charge >= 0.3 is 0 Å². The van der Waals surface area contributed by atoms with E-state index in [0.717, 1.165) is 26.1 Å². The molecule has 3 atom stereocenters. The van der Waals surface area contributed by atoms with Crippen molar-refractivity contribution in [1.29, 1.82) is 0 Å². The van der Waals surface area contributed by atoms with Crippen molar-refractivity contribution in [3.8, 4) is 0 Å². The molecule has 1 heterocycles. The minimum absolute atomic E-state index is 0.185. The van der Waals surface area contributed by atoms with Crippen LogP contribution in [0, 0.1) is 0 Å². The van der Waals surface area contributed by atoms with Gasteiger partial charge in [0.2, 0.25) is 0 Å². The minimum Gasteiger partial charge on any atom is -0.377 e. The van der Waals surface area contributed by atoms with Gasteiger partial charge in [0.05, 0.1) is 18.8 Å². The van der Waals surface area contributed by atoms with Gasteiger partial charge in [-0.1, -0.05) is 24.3 Å². The molecule has 0 radical (unpaired) electrons. The van der Waals surface area contributed by atoms with Crippen LogP contribution < -0.4 is 5.32 Å². The second kappa shape index (κ2) is 7.04. The molecule has 0 saturated carbocycles. The average Bonchev–Trinajstić information content (AvgIpc) is 2.45. The largest absolute Gasteiger partial charge is 0.377 e. The molecule has 0 fully saturated rings. The van der Waals surface area contributed by atoms with Crippen LogP contribution in [0.3, 0.4) is 0 Å². The van der Waals surface area contributed by atoms with Gasteiger partial charge in [0.1, 0.15) is 0 Å². The Morgan fingerprint density at radius 1 is 1.42 bits per heavy atom. The highest BCUT2D eigenvalue weighted by Gasteiger charge is 2.26. The van der Waals surface area contributed by atoms with Crippen molar-refractivity contribution < 1.29 is 9.47 Å². The molecule has 0 aromatic heterocycles. The molecule has 3 heteroatoms. The van der Waals surface area contributed by atoms with E-state index in [1.807, 2.05) is 14.0 Å². The fourth-order valence-corrected chi connectivity index (χ4v) is 2.83. The summed E-state index contributed by atoms with van der Waals surface area (Å²) in [7, 11) is 1.99. The third kappa shape index (κ3) is 3.56. The first-order valence-corrected chi connectivity index (χ1v) is 7.24. The average molecular weight is 263 g/mol. The lowest BCUT2D eigenvalue weighted by molar-refractivity contribution is -0.00212. The maximum Gasteiger partial charge on any atom is 0.0843 e. The Morgan fingerprint density at radius 2 is 2.21 bits per heavy atom. The lowest BCUT2D eigenvalue weighted by Crippen LogP contribution is -2.39. The smallest absolute Gasteiger partial charge is 0.0843 e. The number of benzene rings is 1. The summed E-state index contributed by atoms with van der Waals surface area (Å²) in [5.74, 6) is 0. The van der Waals surface area contributed by atoms with E-state index >= 15 is 0 Å². The standard InChI is InChI=1S/C16H25NO2/c1-4-18-12(2)15(17-3)11-16-14-8-6-5-7-13(14)9-10-19-16/h5-8,12,15-17H,4,9-11H2,1-3H3. The molecule has 3 nitrogen and oxygen atoms in total. The zero-order chi connectivity index (χ0) is 13.7. The first kappa shape index (κ1) is 14.5.